The molecule has 0 spiro atoms. The second kappa shape index (κ2) is 4.85. The van der Waals surface area contributed by atoms with Crippen molar-refractivity contribution in [2.24, 2.45) is 5.73 Å². The Bertz CT molecular complexity index is 305. The van der Waals surface area contributed by atoms with Crippen LogP contribution in [0, 0.1) is 6.92 Å². The predicted octanol–water partition coefficient (Wildman–Crippen LogP) is 1.49. The molecule has 3 nitrogen and oxygen atoms in total. The smallest absolute Gasteiger partial charge is 0.272 e. The summed E-state index contributed by atoms with van der Waals surface area (Å²) in [6.45, 7) is 1.51. The molecule has 1 aromatic rings. The van der Waals surface area contributed by atoms with Gasteiger partial charge in [-0.3, -0.25) is 0 Å². The molecule has 1 aromatic heterocycles. The van der Waals surface area contributed by atoms with Gasteiger partial charge in [-0.2, -0.15) is 0 Å². The third kappa shape index (κ3) is 2.92. The fourth-order valence-corrected chi connectivity index (χ4v) is 1.01. The number of hydrogen-bond acceptors (Lipinski definition) is 3. The van der Waals surface area contributed by atoms with E-state index >= 15 is 0 Å². The second-order valence-electron chi connectivity index (χ2n) is 2.80. The van der Waals surface area contributed by atoms with Crippen molar-refractivity contribution < 1.29 is 13.5 Å². The quantitative estimate of drug-likeness (QED) is 0.804. The number of pyridine rings is 1. The van der Waals surface area contributed by atoms with Gasteiger partial charge in [-0.25, -0.2) is 13.8 Å². The van der Waals surface area contributed by atoms with Crippen molar-refractivity contribution in [3.05, 3.63) is 23.4 Å². The van der Waals surface area contributed by atoms with Crippen molar-refractivity contribution >= 4 is 0 Å². The summed E-state index contributed by atoms with van der Waals surface area (Å²) in [5.74, 6) is 0.208. The second-order valence-corrected chi connectivity index (χ2v) is 2.80. The largest absolute Gasteiger partial charge is 0.472 e. The van der Waals surface area contributed by atoms with E-state index in [0.29, 0.717) is 12.2 Å². The number of halogens is 2. The van der Waals surface area contributed by atoms with Gasteiger partial charge in [-0.15, -0.1) is 0 Å². The molecular formula is C9H12F2N2O. The highest BCUT2D eigenvalue weighted by Crippen LogP contribution is 2.12. The molecule has 0 unspecified atom stereocenters. The summed E-state index contributed by atoms with van der Waals surface area (Å²) < 4.78 is 28.3. The van der Waals surface area contributed by atoms with Gasteiger partial charge in [0.25, 0.3) is 6.43 Å². The zero-order valence-electron chi connectivity index (χ0n) is 7.84. The number of aryl methyl sites for hydroxylation is 1. The number of ether oxygens (including phenoxy) is 1. The molecule has 0 saturated heterocycles. The number of hydrogen-bond donors (Lipinski definition) is 1. The lowest BCUT2D eigenvalue weighted by Gasteiger charge is -2.07. The number of rotatable bonds is 4. The van der Waals surface area contributed by atoms with Crippen molar-refractivity contribution in [1.29, 1.82) is 0 Å². The van der Waals surface area contributed by atoms with E-state index in [1.807, 2.05) is 0 Å². The molecule has 0 bridgehead atoms. The topological polar surface area (TPSA) is 48.1 Å². The van der Waals surface area contributed by atoms with Crippen molar-refractivity contribution in [2.45, 2.75) is 19.9 Å². The van der Waals surface area contributed by atoms with Crippen LogP contribution in [0.1, 0.15) is 11.3 Å². The zero-order chi connectivity index (χ0) is 10.6. The van der Waals surface area contributed by atoms with Gasteiger partial charge < -0.3 is 10.5 Å². The van der Waals surface area contributed by atoms with Crippen LogP contribution in [0.2, 0.25) is 0 Å². The molecular weight excluding hydrogens is 190 g/mol. The van der Waals surface area contributed by atoms with Crippen molar-refractivity contribution in [3.8, 4) is 5.88 Å². The highest BCUT2D eigenvalue weighted by Gasteiger charge is 2.05. The monoisotopic (exact) mass is 202 g/mol. The third-order valence-electron chi connectivity index (χ3n) is 1.75. The Balaban J connectivity index is 2.66. The van der Waals surface area contributed by atoms with Gasteiger partial charge >= 0.3 is 0 Å². The summed E-state index contributed by atoms with van der Waals surface area (Å²) in [4.78, 5) is 3.98. The average molecular weight is 202 g/mol. The molecule has 0 amide bonds. The van der Waals surface area contributed by atoms with Gasteiger partial charge in [0.2, 0.25) is 5.88 Å². The molecule has 0 aliphatic heterocycles. The van der Waals surface area contributed by atoms with Gasteiger partial charge in [0, 0.05) is 18.3 Å². The average Bonchev–Trinajstić information content (AvgIpc) is 2.15. The van der Waals surface area contributed by atoms with E-state index < -0.39 is 13.0 Å². The first-order chi connectivity index (χ1) is 6.63. The van der Waals surface area contributed by atoms with Gasteiger partial charge in [-0.1, -0.05) is 6.07 Å². The van der Waals surface area contributed by atoms with E-state index in [1.165, 1.54) is 6.07 Å². The van der Waals surface area contributed by atoms with E-state index in [0.717, 1.165) is 5.56 Å². The Labute approximate surface area is 80.9 Å². The van der Waals surface area contributed by atoms with Crippen molar-refractivity contribution in [2.75, 3.05) is 6.61 Å². The van der Waals surface area contributed by atoms with E-state index in [2.05, 4.69) is 4.98 Å². The lowest BCUT2D eigenvalue weighted by atomic mass is 10.2. The molecule has 0 aliphatic rings. The molecule has 14 heavy (non-hydrogen) atoms. The van der Waals surface area contributed by atoms with Crippen molar-refractivity contribution in [3.63, 3.8) is 0 Å². The lowest BCUT2D eigenvalue weighted by molar-refractivity contribution is 0.0795. The van der Waals surface area contributed by atoms with Crippen molar-refractivity contribution in [1.82, 2.24) is 4.98 Å². The molecule has 0 atom stereocenters. The standard InChI is InChI=1S/C9H12F2N2O/c1-6-7(4-12)2-3-9(13-6)14-5-8(10)11/h2-3,8H,4-5,12H2,1H3. The van der Waals surface area contributed by atoms with E-state index in [4.69, 9.17) is 10.5 Å². The first kappa shape index (κ1) is 10.8. The maximum atomic E-state index is 11.8. The van der Waals surface area contributed by atoms with Crippen LogP contribution in [0.4, 0.5) is 8.78 Å². The normalized spacial score (nSPS) is 10.6. The summed E-state index contributed by atoms with van der Waals surface area (Å²) in [7, 11) is 0. The Morgan fingerprint density at radius 1 is 1.50 bits per heavy atom. The van der Waals surface area contributed by atoms with Gasteiger partial charge in [-0.05, 0) is 12.5 Å². The summed E-state index contributed by atoms with van der Waals surface area (Å²) in [6.07, 6.45) is -2.48. The Hall–Kier alpha value is -1.23. The molecule has 0 fully saturated rings. The molecule has 0 aromatic carbocycles. The fraction of sp³-hybridized carbons (Fsp3) is 0.444. The van der Waals surface area contributed by atoms with Gasteiger partial charge in [0.05, 0.1) is 0 Å². The van der Waals surface area contributed by atoms with E-state index in [-0.39, 0.29) is 5.88 Å². The van der Waals surface area contributed by atoms with Crippen LogP contribution >= 0.6 is 0 Å². The number of nitrogens with zero attached hydrogens (tertiary/aromatic N) is 1. The van der Waals surface area contributed by atoms with Crippen LogP contribution < -0.4 is 10.5 Å². The Kier molecular flexibility index (Phi) is 3.76. The third-order valence-corrected chi connectivity index (χ3v) is 1.75. The summed E-state index contributed by atoms with van der Waals surface area (Å²) >= 11 is 0. The highest BCUT2D eigenvalue weighted by molar-refractivity contribution is 5.24. The number of nitrogens with two attached hydrogens (primary N) is 1. The first-order valence-electron chi connectivity index (χ1n) is 4.21. The molecule has 0 saturated carbocycles. The lowest BCUT2D eigenvalue weighted by Crippen LogP contribution is -2.09. The fourth-order valence-electron chi connectivity index (χ4n) is 1.01. The van der Waals surface area contributed by atoms with Crippen LogP contribution in [0.5, 0.6) is 5.88 Å². The zero-order valence-corrected chi connectivity index (χ0v) is 7.84. The SMILES string of the molecule is Cc1nc(OCC(F)F)ccc1CN. The Morgan fingerprint density at radius 3 is 2.71 bits per heavy atom. The highest BCUT2D eigenvalue weighted by atomic mass is 19.3. The molecule has 5 heteroatoms. The van der Waals surface area contributed by atoms with Crippen LogP contribution in [-0.4, -0.2) is 18.0 Å². The molecule has 0 aliphatic carbocycles. The molecule has 1 heterocycles. The van der Waals surface area contributed by atoms with E-state index in [1.54, 1.807) is 13.0 Å². The van der Waals surface area contributed by atoms with Crippen LogP contribution in [0.25, 0.3) is 0 Å². The summed E-state index contributed by atoms with van der Waals surface area (Å²) in [5.41, 5.74) is 7.01. The van der Waals surface area contributed by atoms with Gasteiger partial charge in [0.1, 0.15) is 0 Å². The maximum absolute atomic E-state index is 11.8. The first-order valence-corrected chi connectivity index (χ1v) is 4.21. The molecule has 0 radical (unpaired) electrons. The molecule has 1 rings (SSSR count). The molecule has 78 valence electrons. The Morgan fingerprint density at radius 2 is 2.21 bits per heavy atom. The number of alkyl halides is 2. The summed E-state index contributed by atoms with van der Waals surface area (Å²) in [6, 6.07) is 3.26. The van der Waals surface area contributed by atoms with Crippen LogP contribution in [0.15, 0.2) is 12.1 Å². The van der Waals surface area contributed by atoms with Gasteiger partial charge in [0.15, 0.2) is 6.61 Å². The van der Waals surface area contributed by atoms with Crippen LogP contribution in [-0.2, 0) is 6.54 Å². The minimum absolute atomic E-state index is 0.208. The maximum Gasteiger partial charge on any atom is 0.272 e. The minimum Gasteiger partial charge on any atom is -0.472 e. The van der Waals surface area contributed by atoms with E-state index in [9.17, 15) is 8.78 Å². The molecule has 2 N–H and O–H groups in total. The number of aromatic nitrogens is 1. The predicted molar refractivity (Wildman–Crippen MR) is 48.4 cm³/mol. The van der Waals surface area contributed by atoms with Crippen LogP contribution in [0.3, 0.4) is 0 Å². The minimum atomic E-state index is -2.48. The summed E-state index contributed by atoms with van der Waals surface area (Å²) in [5, 5.41) is 0.